The Morgan fingerprint density at radius 2 is 1.83 bits per heavy atom. The van der Waals surface area contributed by atoms with Crippen LogP contribution in [0, 0.1) is 17.8 Å². The second-order valence-corrected chi connectivity index (χ2v) is 5.24. The molecule has 0 saturated heterocycles. The highest BCUT2D eigenvalue weighted by Gasteiger charge is 1.94. The molecule has 118 valence electrons. The smallest absolute Gasteiger partial charge is 0.214 e. The maximum Gasteiger partial charge on any atom is 0.214 e. The number of aromatic nitrogens is 2. The lowest BCUT2D eigenvalue weighted by molar-refractivity contribution is 0.584. The van der Waals surface area contributed by atoms with Gasteiger partial charge < -0.3 is 9.88 Å². The lowest BCUT2D eigenvalue weighted by atomic mass is 10.2. The molecule has 0 aliphatic carbocycles. The van der Waals surface area contributed by atoms with Crippen LogP contribution in [0.15, 0.2) is 48.8 Å². The zero-order valence-electron chi connectivity index (χ0n) is 13.6. The molecule has 1 aromatic carbocycles. The van der Waals surface area contributed by atoms with Gasteiger partial charge in [0.15, 0.2) is 0 Å². The number of benzene rings is 1. The summed E-state index contributed by atoms with van der Waals surface area (Å²) in [5.74, 6) is 5.64. The number of nitrogens with one attached hydrogen (secondary N) is 1. The monoisotopic (exact) mass is 309 g/mol. The van der Waals surface area contributed by atoms with Crippen LogP contribution in [-0.4, -0.2) is 24.1 Å². The largest absolute Gasteiger partial charge is 0.378 e. The third kappa shape index (κ3) is 5.15. The molecule has 2 rings (SSSR count). The van der Waals surface area contributed by atoms with Crippen LogP contribution >= 0.6 is 0 Å². The van der Waals surface area contributed by atoms with E-state index in [0.717, 1.165) is 23.2 Å². The number of H-pyrrole nitrogens is 1. The summed E-state index contributed by atoms with van der Waals surface area (Å²) in [5, 5.41) is 0. The van der Waals surface area contributed by atoms with E-state index in [9.17, 15) is 4.39 Å². The molecule has 0 aliphatic heterocycles. The molecule has 0 fully saturated rings. The van der Waals surface area contributed by atoms with Gasteiger partial charge in [-0.05, 0) is 54.3 Å². The normalized spacial score (nSPS) is 9.57. The van der Waals surface area contributed by atoms with Crippen molar-refractivity contribution in [2.75, 3.05) is 19.0 Å². The van der Waals surface area contributed by atoms with Crippen molar-refractivity contribution in [1.82, 2.24) is 9.97 Å². The number of aryl methyl sites for hydroxylation is 1. The van der Waals surface area contributed by atoms with E-state index in [1.807, 2.05) is 56.3 Å². The van der Waals surface area contributed by atoms with Crippen LogP contribution in [0.25, 0.3) is 0 Å². The highest BCUT2D eigenvalue weighted by Crippen LogP contribution is 2.11. The molecule has 23 heavy (non-hydrogen) atoms. The van der Waals surface area contributed by atoms with Gasteiger partial charge in [0.2, 0.25) is 5.95 Å². The second-order valence-electron chi connectivity index (χ2n) is 5.24. The summed E-state index contributed by atoms with van der Waals surface area (Å²) >= 11 is 0. The summed E-state index contributed by atoms with van der Waals surface area (Å²) in [5.41, 5.74) is 3.70. The molecular formula is C19H20FN3. The fourth-order valence-electron chi connectivity index (χ4n) is 1.93. The Morgan fingerprint density at radius 1 is 1.09 bits per heavy atom. The number of nitrogens with zero attached hydrogens (tertiary/aromatic N) is 2. The summed E-state index contributed by atoms with van der Waals surface area (Å²) in [4.78, 5) is 8.61. The summed E-state index contributed by atoms with van der Waals surface area (Å²) in [7, 11) is 4.00. The number of hydrogen-bond acceptors (Lipinski definition) is 2. The van der Waals surface area contributed by atoms with E-state index in [0.29, 0.717) is 5.69 Å². The Morgan fingerprint density at radius 3 is 2.48 bits per heavy atom. The molecule has 0 amide bonds. The van der Waals surface area contributed by atoms with Gasteiger partial charge in [-0.25, -0.2) is 4.98 Å². The molecule has 1 N–H and O–H groups in total. The topological polar surface area (TPSA) is 31.9 Å². The van der Waals surface area contributed by atoms with Crippen molar-refractivity contribution in [3.05, 3.63) is 71.6 Å². The van der Waals surface area contributed by atoms with Gasteiger partial charge >= 0.3 is 0 Å². The third-order valence-corrected chi connectivity index (χ3v) is 3.31. The molecule has 1 aromatic heterocycles. The number of halogens is 1. The van der Waals surface area contributed by atoms with Crippen LogP contribution in [0.5, 0.6) is 0 Å². The first-order valence-electron chi connectivity index (χ1n) is 7.45. The number of rotatable bonds is 2. The average Bonchev–Trinajstić information content (AvgIpc) is 2.64. The van der Waals surface area contributed by atoms with E-state index in [1.165, 1.54) is 12.4 Å². The minimum absolute atomic E-state index is 0.537. The average molecular weight is 309 g/mol. The Balaban J connectivity index is 2.36. The first-order valence-corrected chi connectivity index (χ1v) is 7.45. The van der Waals surface area contributed by atoms with Crippen LogP contribution in [-0.2, 0) is 6.42 Å². The van der Waals surface area contributed by atoms with Crippen LogP contribution in [0.2, 0.25) is 0 Å². The van der Waals surface area contributed by atoms with Gasteiger partial charge in [-0.3, -0.25) is 0 Å². The van der Waals surface area contributed by atoms with Crippen molar-refractivity contribution in [3.8, 4) is 11.8 Å². The Bertz CT molecular complexity index is 763. The molecular weight excluding hydrogens is 289 g/mol. The zero-order valence-corrected chi connectivity index (χ0v) is 13.6. The molecule has 0 unspecified atom stereocenters. The molecule has 0 atom stereocenters. The van der Waals surface area contributed by atoms with Crippen LogP contribution in [0.4, 0.5) is 10.1 Å². The second kappa shape index (κ2) is 8.00. The first kappa shape index (κ1) is 16.6. The van der Waals surface area contributed by atoms with Crippen LogP contribution in [0.3, 0.4) is 0 Å². The molecule has 0 spiro atoms. The van der Waals surface area contributed by atoms with Gasteiger partial charge in [0, 0.05) is 25.3 Å². The van der Waals surface area contributed by atoms with E-state index >= 15 is 0 Å². The summed E-state index contributed by atoms with van der Waals surface area (Å²) in [6, 6.07) is 13.0. The summed E-state index contributed by atoms with van der Waals surface area (Å²) < 4.78 is 13.3. The summed E-state index contributed by atoms with van der Waals surface area (Å²) in [6.45, 7) is 2.01. The quantitative estimate of drug-likeness (QED) is 0.858. The lowest BCUT2D eigenvalue weighted by Crippen LogP contribution is -2.07. The third-order valence-electron chi connectivity index (χ3n) is 3.31. The Kier molecular flexibility index (Phi) is 5.76. The Hall–Kier alpha value is -2.80. The van der Waals surface area contributed by atoms with Crippen molar-refractivity contribution < 1.29 is 4.39 Å². The molecule has 0 saturated carbocycles. The molecule has 4 heteroatoms. The molecule has 2 aromatic rings. The van der Waals surface area contributed by atoms with Crippen molar-refractivity contribution >= 4 is 5.69 Å². The number of hydrogen-bond donors (Lipinski definition) is 1. The fraction of sp³-hybridized carbons (Fsp3) is 0.211. The van der Waals surface area contributed by atoms with E-state index in [-0.39, 0.29) is 0 Å². The summed E-state index contributed by atoms with van der Waals surface area (Å²) in [6.07, 6.45) is 2.10. The van der Waals surface area contributed by atoms with Gasteiger partial charge in [0.1, 0.15) is 0 Å². The van der Waals surface area contributed by atoms with Gasteiger partial charge in [0.05, 0.1) is 12.0 Å². The van der Waals surface area contributed by atoms with E-state index in [2.05, 4.69) is 21.8 Å². The maximum absolute atomic E-state index is 13.3. The van der Waals surface area contributed by atoms with Crippen LogP contribution < -0.4 is 4.90 Å². The van der Waals surface area contributed by atoms with E-state index in [4.69, 9.17) is 0 Å². The minimum atomic E-state index is -0.537. The highest BCUT2D eigenvalue weighted by molar-refractivity contribution is 5.50. The van der Waals surface area contributed by atoms with Gasteiger partial charge in [-0.1, -0.05) is 18.9 Å². The Labute approximate surface area is 136 Å². The molecule has 3 nitrogen and oxygen atoms in total. The lowest BCUT2D eigenvalue weighted by Gasteiger charge is -2.11. The predicted molar refractivity (Wildman–Crippen MR) is 92.3 cm³/mol. The standard InChI is InChI=1S/C19H20FN3/c1-4-15-8-12-19(20)22-14-21-17(13-15)9-5-16-6-10-18(11-7-16)23(2)3/h6-8,10-14H,4H2,1-3H3,(H,21,22). The van der Waals surface area contributed by atoms with E-state index < -0.39 is 5.95 Å². The van der Waals surface area contributed by atoms with Crippen LogP contribution in [0.1, 0.15) is 23.7 Å². The van der Waals surface area contributed by atoms with Gasteiger partial charge in [0.25, 0.3) is 0 Å². The fourth-order valence-corrected chi connectivity index (χ4v) is 1.93. The molecule has 1 heterocycles. The van der Waals surface area contributed by atoms with E-state index in [1.54, 1.807) is 6.07 Å². The highest BCUT2D eigenvalue weighted by atomic mass is 19.1. The predicted octanol–water partition coefficient (Wildman–Crippen LogP) is 3.70. The van der Waals surface area contributed by atoms with Crippen molar-refractivity contribution in [1.29, 1.82) is 0 Å². The maximum atomic E-state index is 13.3. The minimum Gasteiger partial charge on any atom is -0.378 e. The zero-order chi connectivity index (χ0) is 16.7. The van der Waals surface area contributed by atoms with Gasteiger partial charge in [-0.15, -0.1) is 0 Å². The number of anilines is 1. The number of aromatic amines is 1. The first-order chi connectivity index (χ1) is 11.1. The molecule has 0 aliphatic rings. The van der Waals surface area contributed by atoms with Crippen molar-refractivity contribution in [2.45, 2.75) is 13.3 Å². The van der Waals surface area contributed by atoms with Gasteiger partial charge in [-0.2, -0.15) is 4.39 Å². The SMILES string of the molecule is CCc1ccc(F)nc[nH]c(C#Cc2ccc(N(C)C)cc2)c1. The van der Waals surface area contributed by atoms with Crippen molar-refractivity contribution in [3.63, 3.8) is 0 Å². The van der Waals surface area contributed by atoms with Crippen molar-refractivity contribution in [2.24, 2.45) is 0 Å². The molecule has 0 bridgehead atoms. The molecule has 0 radical (unpaired) electrons.